The summed E-state index contributed by atoms with van der Waals surface area (Å²) in [5, 5.41) is 7.16. The van der Waals surface area contributed by atoms with Crippen molar-refractivity contribution in [2.75, 3.05) is 12.1 Å². The molecule has 3 heterocycles. The molecule has 9 nitrogen and oxygen atoms in total. The van der Waals surface area contributed by atoms with Crippen LogP contribution in [0, 0.1) is 6.92 Å². The Hall–Kier alpha value is -4.14. The zero-order valence-electron chi connectivity index (χ0n) is 17.3. The zero-order chi connectivity index (χ0) is 22.1. The highest BCUT2D eigenvalue weighted by Gasteiger charge is 2.28. The topological polar surface area (TPSA) is 115 Å². The first-order valence-corrected chi connectivity index (χ1v) is 10.2. The van der Waals surface area contributed by atoms with Gasteiger partial charge in [0.1, 0.15) is 5.76 Å². The molecule has 1 aromatic carbocycles. The standard InChI is InChI=1S/C23H20N4O5/c1-13-20-16(26-27-22(28)14-4-3-9-24-11-14)5-2-6-18(20)32-21(13)23(29)25-15-7-8-17-19(10-15)31-12-30-17/h3-4,7-11H,2,5-6,12H2,1H3,(H,25,29)(H,27,28)/b26-16+. The van der Waals surface area contributed by atoms with Crippen LogP contribution in [0.5, 0.6) is 11.5 Å². The third-order valence-corrected chi connectivity index (χ3v) is 5.38. The highest BCUT2D eigenvalue weighted by atomic mass is 16.7. The number of hydrazone groups is 1. The minimum Gasteiger partial charge on any atom is -0.455 e. The van der Waals surface area contributed by atoms with Gasteiger partial charge in [-0.3, -0.25) is 14.6 Å². The van der Waals surface area contributed by atoms with Crippen LogP contribution in [-0.2, 0) is 6.42 Å². The van der Waals surface area contributed by atoms with Gasteiger partial charge in [0.2, 0.25) is 6.79 Å². The van der Waals surface area contributed by atoms with Crippen LogP contribution in [0.2, 0.25) is 0 Å². The number of amides is 2. The maximum absolute atomic E-state index is 12.9. The molecule has 0 radical (unpaired) electrons. The van der Waals surface area contributed by atoms with E-state index in [0.29, 0.717) is 52.6 Å². The molecular weight excluding hydrogens is 412 g/mol. The summed E-state index contributed by atoms with van der Waals surface area (Å²) in [4.78, 5) is 29.2. The van der Waals surface area contributed by atoms with Gasteiger partial charge in [-0.1, -0.05) is 0 Å². The Morgan fingerprint density at radius 2 is 1.97 bits per heavy atom. The molecular formula is C23H20N4O5. The summed E-state index contributed by atoms with van der Waals surface area (Å²) >= 11 is 0. The van der Waals surface area contributed by atoms with E-state index in [1.807, 2.05) is 6.92 Å². The third kappa shape index (κ3) is 3.68. The molecule has 0 unspecified atom stereocenters. The van der Waals surface area contributed by atoms with E-state index in [1.165, 1.54) is 6.20 Å². The smallest absolute Gasteiger partial charge is 0.291 e. The summed E-state index contributed by atoms with van der Waals surface area (Å²) in [6.07, 6.45) is 5.25. The summed E-state index contributed by atoms with van der Waals surface area (Å²) in [7, 11) is 0. The zero-order valence-corrected chi connectivity index (χ0v) is 17.3. The van der Waals surface area contributed by atoms with Gasteiger partial charge in [0, 0.05) is 41.7 Å². The highest BCUT2D eigenvalue weighted by Crippen LogP contribution is 2.35. The molecule has 2 aliphatic rings. The summed E-state index contributed by atoms with van der Waals surface area (Å²) in [5.41, 5.74) is 5.72. The molecule has 1 aliphatic heterocycles. The van der Waals surface area contributed by atoms with Crippen molar-refractivity contribution in [3.63, 3.8) is 0 Å². The number of nitrogens with one attached hydrogen (secondary N) is 2. The van der Waals surface area contributed by atoms with Gasteiger partial charge in [0.05, 0.1) is 11.3 Å². The van der Waals surface area contributed by atoms with Crippen LogP contribution in [0.4, 0.5) is 5.69 Å². The summed E-state index contributed by atoms with van der Waals surface area (Å²) in [5.74, 6) is 1.42. The van der Waals surface area contributed by atoms with E-state index in [0.717, 1.165) is 12.0 Å². The highest BCUT2D eigenvalue weighted by molar-refractivity contribution is 6.09. The first-order chi connectivity index (χ1) is 15.6. The Morgan fingerprint density at radius 3 is 2.81 bits per heavy atom. The van der Waals surface area contributed by atoms with Crippen molar-refractivity contribution >= 4 is 23.2 Å². The number of ether oxygens (including phenoxy) is 2. The lowest BCUT2D eigenvalue weighted by Gasteiger charge is -2.13. The number of carbonyl (C=O) groups excluding carboxylic acids is 2. The average molecular weight is 432 g/mol. The molecule has 5 rings (SSSR count). The number of carbonyl (C=O) groups is 2. The van der Waals surface area contributed by atoms with Crippen LogP contribution in [-0.4, -0.2) is 29.3 Å². The fourth-order valence-corrected chi connectivity index (χ4v) is 3.84. The van der Waals surface area contributed by atoms with Gasteiger partial charge >= 0.3 is 0 Å². The molecule has 162 valence electrons. The molecule has 0 saturated heterocycles. The molecule has 0 saturated carbocycles. The number of benzene rings is 1. The molecule has 2 amide bonds. The lowest BCUT2D eigenvalue weighted by molar-refractivity contribution is 0.0953. The molecule has 3 aromatic rings. The average Bonchev–Trinajstić information content (AvgIpc) is 3.42. The summed E-state index contributed by atoms with van der Waals surface area (Å²) in [6.45, 7) is 1.98. The number of fused-ring (bicyclic) bond motifs is 2. The van der Waals surface area contributed by atoms with E-state index in [9.17, 15) is 9.59 Å². The van der Waals surface area contributed by atoms with Gasteiger partial charge in [-0.25, -0.2) is 5.43 Å². The van der Waals surface area contributed by atoms with Gasteiger partial charge in [-0.15, -0.1) is 0 Å². The monoisotopic (exact) mass is 432 g/mol. The van der Waals surface area contributed by atoms with Gasteiger partial charge in [0.25, 0.3) is 11.8 Å². The number of aromatic nitrogens is 1. The number of rotatable bonds is 4. The van der Waals surface area contributed by atoms with E-state index in [-0.39, 0.29) is 24.4 Å². The Balaban J connectivity index is 1.37. The van der Waals surface area contributed by atoms with Crippen molar-refractivity contribution in [3.8, 4) is 11.5 Å². The van der Waals surface area contributed by atoms with Crippen LogP contribution in [0.15, 0.2) is 52.2 Å². The van der Waals surface area contributed by atoms with Gasteiger partial charge in [-0.2, -0.15) is 5.10 Å². The van der Waals surface area contributed by atoms with E-state index in [4.69, 9.17) is 13.9 Å². The van der Waals surface area contributed by atoms with Crippen molar-refractivity contribution in [1.29, 1.82) is 0 Å². The summed E-state index contributed by atoms with van der Waals surface area (Å²) < 4.78 is 16.6. The molecule has 0 atom stereocenters. The minimum atomic E-state index is -0.366. The van der Waals surface area contributed by atoms with Crippen molar-refractivity contribution in [2.24, 2.45) is 5.10 Å². The maximum Gasteiger partial charge on any atom is 0.291 e. The summed E-state index contributed by atoms with van der Waals surface area (Å²) in [6, 6.07) is 8.54. The quantitative estimate of drug-likeness (QED) is 0.611. The number of hydrogen-bond donors (Lipinski definition) is 2. The molecule has 1 aliphatic carbocycles. The van der Waals surface area contributed by atoms with Gasteiger partial charge in [-0.05, 0) is 44.0 Å². The number of aryl methyl sites for hydroxylation is 1. The molecule has 9 heteroatoms. The van der Waals surface area contributed by atoms with Crippen molar-refractivity contribution in [2.45, 2.75) is 26.2 Å². The second kappa shape index (κ2) is 8.18. The van der Waals surface area contributed by atoms with Gasteiger partial charge < -0.3 is 19.2 Å². The van der Waals surface area contributed by atoms with E-state index in [1.54, 1.807) is 36.5 Å². The number of hydrogen-bond acceptors (Lipinski definition) is 7. The Labute approximate surface area is 183 Å². The van der Waals surface area contributed by atoms with E-state index in [2.05, 4.69) is 20.8 Å². The first-order valence-electron chi connectivity index (χ1n) is 10.2. The predicted molar refractivity (Wildman–Crippen MR) is 115 cm³/mol. The SMILES string of the molecule is Cc1c(C(=O)Nc2ccc3c(c2)OCO3)oc2c1/C(=N/NC(=O)c1cccnc1)CCC2. The van der Waals surface area contributed by atoms with E-state index < -0.39 is 0 Å². The molecule has 0 bridgehead atoms. The van der Waals surface area contributed by atoms with Crippen LogP contribution in [0.1, 0.15) is 50.6 Å². The normalized spacial score (nSPS) is 15.3. The lowest BCUT2D eigenvalue weighted by Crippen LogP contribution is -2.22. The Morgan fingerprint density at radius 1 is 1.09 bits per heavy atom. The van der Waals surface area contributed by atoms with Crippen molar-refractivity contribution < 1.29 is 23.5 Å². The number of pyridine rings is 1. The largest absolute Gasteiger partial charge is 0.455 e. The second-order valence-electron chi connectivity index (χ2n) is 7.47. The van der Waals surface area contributed by atoms with E-state index >= 15 is 0 Å². The first kappa shape index (κ1) is 19.8. The molecule has 0 spiro atoms. The Bertz CT molecular complexity index is 1230. The molecule has 32 heavy (non-hydrogen) atoms. The molecule has 0 fully saturated rings. The van der Waals surface area contributed by atoms with Gasteiger partial charge in [0.15, 0.2) is 17.3 Å². The van der Waals surface area contributed by atoms with Crippen LogP contribution >= 0.6 is 0 Å². The van der Waals surface area contributed by atoms with Crippen LogP contribution in [0.25, 0.3) is 0 Å². The second-order valence-corrected chi connectivity index (χ2v) is 7.47. The third-order valence-electron chi connectivity index (χ3n) is 5.38. The Kier molecular flexibility index (Phi) is 5.06. The van der Waals surface area contributed by atoms with Crippen LogP contribution in [0.3, 0.4) is 0 Å². The fraction of sp³-hybridized carbons (Fsp3) is 0.217. The van der Waals surface area contributed by atoms with Crippen molar-refractivity contribution in [3.05, 3.63) is 70.9 Å². The fourth-order valence-electron chi connectivity index (χ4n) is 3.84. The van der Waals surface area contributed by atoms with Crippen LogP contribution < -0.4 is 20.2 Å². The number of furan rings is 1. The lowest BCUT2D eigenvalue weighted by atomic mass is 9.93. The number of nitrogens with zero attached hydrogens (tertiary/aromatic N) is 2. The van der Waals surface area contributed by atoms with Crippen molar-refractivity contribution in [1.82, 2.24) is 10.4 Å². The maximum atomic E-state index is 12.9. The molecule has 2 N–H and O–H groups in total. The predicted octanol–water partition coefficient (Wildman–Crippen LogP) is 3.43. The number of anilines is 1. The molecule has 2 aromatic heterocycles. The minimum absolute atomic E-state index is 0.163.